The lowest BCUT2D eigenvalue weighted by atomic mass is 10.1. The summed E-state index contributed by atoms with van der Waals surface area (Å²) in [6, 6.07) is 5.56. The van der Waals surface area contributed by atoms with Gasteiger partial charge in [-0.15, -0.1) is 11.3 Å². The lowest BCUT2D eigenvalue weighted by molar-refractivity contribution is 0.433. The van der Waals surface area contributed by atoms with E-state index in [4.69, 9.17) is 10.3 Å². The average Bonchev–Trinajstić information content (AvgIpc) is 2.98. The molecule has 0 saturated carbocycles. The van der Waals surface area contributed by atoms with Crippen molar-refractivity contribution in [1.29, 1.82) is 0 Å². The van der Waals surface area contributed by atoms with E-state index < -0.39 is 0 Å². The molecule has 0 bridgehead atoms. The Hall–Kier alpha value is -2.21. The van der Waals surface area contributed by atoms with Crippen molar-refractivity contribution in [3.63, 3.8) is 0 Å². The fourth-order valence-electron chi connectivity index (χ4n) is 1.63. The Labute approximate surface area is 107 Å². The highest BCUT2D eigenvalue weighted by Gasteiger charge is 2.13. The number of nitrogens with zero attached hydrogens (tertiary/aromatic N) is 3. The van der Waals surface area contributed by atoms with E-state index in [0.717, 1.165) is 21.0 Å². The minimum atomic E-state index is 0.489. The second kappa shape index (κ2) is 4.23. The molecule has 3 heterocycles. The van der Waals surface area contributed by atoms with E-state index in [2.05, 4.69) is 15.1 Å². The van der Waals surface area contributed by atoms with E-state index in [-0.39, 0.29) is 0 Å². The second-order valence-corrected chi connectivity index (χ2v) is 4.93. The zero-order valence-electron chi connectivity index (χ0n) is 9.62. The van der Waals surface area contributed by atoms with Gasteiger partial charge in [0.05, 0.1) is 9.88 Å². The second-order valence-electron chi connectivity index (χ2n) is 3.82. The van der Waals surface area contributed by atoms with E-state index in [1.165, 1.54) is 11.3 Å². The molecule has 0 aliphatic rings. The Morgan fingerprint density at radius 1 is 1.28 bits per heavy atom. The van der Waals surface area contributed by atoms with Gasteiger partial charge in [0.15, 0.2) is 0 Å². The normalized spacial score (nSPS) is 10.7. The Morgan fingerprint density at radius 2 is 2.17 bits per heavy atom. The van der Waals surface area contributed by atoms with E-state index in [1.807, 2.05) is 25.1 Å². The van der Waals surface area contributed by atoms with Crippen LogP contribution in [0.25, 0.3) is 22.2 Å². The minimum absolute atomic E-state index is 0.489. The van der Waals surface area contributed by atoms with Crippen LogP contribution < -0.4 is 5.73 Å². The maximum absolute atomic E-state index is 5.68. The van der Waals surface area contributed by atoms with Gasteiger partial charge in [0.25, 0.3) is 5.89 Å². The molecule has 0 spiro atoms. The van der Waals surface area contributed by atoms with Crippen LogP contribution in [0.2, 0.25) is 0 Å². The van der Waals surface area contributed by atoms with Crippen molar-refractivity contribution in [1.82, 2.24) is 15.1 Å². The number of anilines is 1. The third-order valence-electron chi connectivity index (χ3n) is 2.52. The fraction of sp³-hybridized carbons (Fsp3) is 0.0833. The predicted octanol–water partition coefficient (Wildman–Crippen LogP) is 2.75. The fourth-order valence-corrected chi connectivity index (χ4v) is 2.32. The SMILES string of the molecule is Cc1cnccc1-c1noc(-c2ccc(N)s2)n1. The summed E-state index contributed by atoms with van der Waals surface area (Å²) in [4.78, 5) is 9.29. The zero-order chi connectivity index (χ0) is 12.5. The first-order valence-corrected chi connectivity index (χ1v) is 6.16. The van der Waals surface area contributed by atoms with Crippen molar-refractivity contribution in [2.45, 2.75) is 6.92 Å². The van der Waals surface area contributed by atoms with Crippen LogP contribution >= 0.6 is 11.3 Å². The largest absolute Gasteiger partial charge is 0.391 e. The van der Waals surface area contributed by atoms with Gasteiger partial charge < -0.3 is 10.3 Å². The van der Waals surface area contributed by atoms with E-state index >= 15 is 0 Å². The van der Waals surface area contributed by atoms with Crippen LogP contribution in [0.5, 0.6) is 0 Å². The standard InChI is InChI=1S/C12H10N4OS/c1-7-6-14-5-4-8(7)11-15-12(17-16-11)9-2-3-10(13)18-9/h2-6H,13H2,1H3. The Balaban J connectivity index is 2.02. The highest BCUT2D eigenvalue weighted by atomic mass is 32.1. The smallest absolute Gasteiger partial charge is 0.268 e. The molecule has 0 aliphatic heterocycles. The minimum Gasteiger partial charge on any atom is -0.391 e. The topological polar surface area (TPSA) is 77.8 Å². The predicted molar refractivity (Wildman–Crippen MR) is 70.0 cm³/mol. The van der Waals surface area contributed by atoms with Gasteiger partial charge in [0.2, 0.25) is 5.82 Å². The lowest BCUT2D eigenvalue weighted by Crippen LogP contribution is -1.86. The molecule has 0 fully saturated rings. The Morgan fingerprint density at radius 3 is 2.89 bits per heavy atom. The van der Waals surface area contributed by atoms with Gasteiger partial charge in [-0.25, -0.2) is 0 Å². The summed E-state index contributed by atoms with van der Waals surface area (Å²) in [6.45, 7) is 1.96. The molecule has 3 aromatic rings. The molecule has 0 saturated heterocycles. The molecule has 6 heteroatoms. The maximum Gasteiger partial charge on any atom is 0.268 e. The molecule has 2 N–H and O–H groups in total. The number of hydrogen-bond acceptors (Lipinski definition) is 6. The maximum atomic E-state index is 5.68. The van der Waals surface area contributed by atoms with Crippen LogP contribution in [-0.2, 0) is 0 Å². The van der Waals surface area contributed by atoms with Crippen LogP contribution in [0.1, 0.15) is 5.56 Å². The summed E-state index contributed by atoms with van der Waals surface area (Å²) in [5, 5.41) is 4.71. The molecule has 3 rings (SSSR count). The van der Waals surface area contributed by atoms with Crippen LogP contribution in [0, 0.1) is 6.92 Å². The number of rotatable bonds is 2. The number of aryl methyl sites for hydroxylation is 1. The van der Waals surface area contributed by atoms with Crippen molar-refractivity contribution in [2.24, 2.45) is 0 Å². The number of pyridine rings is 1. The average molecular weight is 258 g/mol. The van der Waals surface area contributed by atoms with Crippen LogP contribution in [0.15, 0.2) is 35.1 Å². The summed E-state index contributed by atoms with van der Waals surface area (Å²) in [7, 11) is 0. The van der Waals surface area contributed by atoms with Gasteiger partial charge in [0, 0.05) is 18.0 Å². The summed E-state index contributed by atoms with van der Waals surface area (Å²) in [5.41, 5.74) is 7.61. The third kappa shape index (κ3) is 1.86. The zero-order valence-corrected chi connectivity index (χ0v) is 10.4. The lowest BCUT2D eigenvalue weighted by Gasteiger charge is -1.97. The van der Waals surface area contributed by atoms with Crippen molar-refractivity contribution >= 4 is 16.3 Å². The number of thiophene rings is 1. The molecule has 0 aromatic carbocycles. The van der Waals surface area contributed by atoms with Gasteiger partial charge in [-0.05, 0) is 30.7 Å². The molecule has 0 aliphatic carbocycles. The number of nitrogens with two attached hydrogens (primary N) is 1. The first-order chi connectivity index (χ1) is 8.74. The molecule has 18 heavy (non-hydrogen) atoms. The number of nitrogen functional groups attached to an aromatic ring is 1. The van der Waals surface area contributed by atoms with Gasteiger partial charge in [-0.2, -0.15) is 4.98 Å². The summed E-state index contributed by atoms with van der Waals surface area (Å²) < 4.78 is 5.25. The van der Waals surface area contributed by atoms with Crippen molar-refractivity contribution in [3.8, 4) is 22.2 Å². The molecule has 0 amide bonds. The summed E-state index contributed by atoms with van der Waals surface area (Å²) in [6.07, 6.45) is 3.48. The summed E-state index contributed by atoms with van der Waals surface area (Å²) >= 11 is 1.42. The van der Waals surface area contributed by atoms with Crippen LogP contribution in [0.4, 0.5) is 5.00 Å². The van der Waals surface area contributed by atoms with E-state index in [1.54, 1.807) is 12.4 Å². The van der Waals surface area contributed by atoms with Crippen LogP contribution in [-0.4, -0.2) is 15.1 Å². The van der Waals surface area contributed by atoms with E-state index in [0.29, 0.717) is 11.7 Å². The van der Waals surface area contributed by atoms with E-state index in [9.17, 15) is 0 Å². The molecule has 0 atom stereocenters. The monoisotopic (exact) mass is 258 g/mol. The van der Waals surface area contributed by atoms with Gasteiger partial charge in [-0.1, -0.05) is 5.16 Å². The van der Waals surface area contributed by atoms with Gasteiger partial charge in [-0.3, -0.25) is 4.98 Å². The summed E-state index contributed by atoms with van der Waals surface area (Å²) in [5.74, 6) is 1.06. The third-order valence-corrected chi connectivity index (χ3v) is 3.43. The van der Waals surface area contributed by atoms with Gasteiger partial charge >= 0.3 is 0 Å². The molecule has 0 radical (unpaired) electrons. The van der Waals surface area contributed by atoms with Gasteiger partial charge in [0.1, 0.15) is 0 Å². The molecular formula is C12H10N4OS. The van der Waals surface area contributed by atoms with Crippen molar-refractivity contribution in [2.75, 3.05) is 5.73 Å². The molecule has 90 valence electrons. The first kappa shape index (κ1) is 10.9. The highest BCUT2D eigenvalue weighted by molar-refractivity contribution is 7.19. The Bertz CT molecular complexity index is 689. The quantitative estimate of drug-likeness (QED) is 0.764. The molecule has 3 aromatic heterocycles. The first-order valence-electron chi connectivity index (χ1n) is 5.34. The molecular weight excluding hydrogens is 248 g/mol. The van der Waals surface area contributed by atoms with Crippen molar-refractivity contribution < 1.29 is 4.52 Å². The Kier molecular flexibility index (Phi) is 2.56. The van der Waals surface area contributed by atoms with Crippen molar-refractivity contribution in [3.05, 3.63) is 36.2 Å². The van der Waals surface area contributed by atoms with Crippen LogP contribution in [0.3, 0.4) is 0 Å². The number of aromatic nitrogens is 3. The molecule has 0 unspecified atom stereocenters. The number of hydrogen-bond donors (Lipinski definition) is 1. The molecule has 5 nitrogen and oxygen atoms in total. The highest BCUT2D eigenvalue weighted by Crippen LogP contribution is 2.30.